The molecule has 2 heterocycles. The first-order valence-corrected chi connectivity index (χ1v) is 9.92. The molecule has 5 nitrogen and oxygen atoms in total. The van der Waals surface area contributed by atoms with Gasteiger partial charge in [0.05, 0.1) is 23.0 Å². The highest BCUT2D eigenvalue weighted by atomic mass is 32.2. The smallest absolute Gasteiger partial charge is 0.287 e. The van der Waals surface area contributed by atoms with E-state index in [-0.39, 0.29) is 23.5 Å². The molecule has 118 valence electrons. The number of carbonyl (C=O) groups excluding carboxylic acids is 1. The minimum absolute atomic E-state index is 0.0137. The number of sulfone groups is 1. The van der Waals surface area contributed by atoms with E-state index < -0.39 is 9.84 Å². The molecule has 0 spiro atoms. The van der Waals surface area contributed by atoms with E-state index in [0.29, 0.717) is 18.8 Å². The third-order valence-electron chi connectivity index (χ3n) is 3.59. The van der Waals surface area contributed by atoms with Gasteiger partial charge in [0.15, 0.2) is 15.6 Å². The number of amides is 1. The number of thioether (sulfide) groups is 1. The molecule has 1 aromatic rings. The Bertz CT molecular complexity index is 698. The van der Waals surface area contributed by atoms with E-state index in [9.17, 15) is 13.2 Å². The maximum Gasteiger partial charge on any atom is 0.287 e. The second kappa shape index (κ2) is 6.34. The van der Waals surface area contributed by atoms with E-state index in [4.69, 9.17) is 4.74 Å². The molecule has 1 unspecified atom stereocenters. The lowest BCUT2D eigenvalue weighted by Crippen LogP contribution is -2.37. The minimum atomic E-state index is -3.01. The summed E-state index contributed by atoms with van der Waals surface area (Å²) in [6.45, 7) is 0.479. The fourth-order valence-electron chi connectivity index (χ4n) is 2.55. The first-order valence-electron chi connectivity index (χ1n) is 7.12. The fraction of sp³-hybridized carbons (Fsp3) is 0.400. The molecule has 1 saturated heterocycles. The van der Waals surface area contributed by atoms with Crippen LogP contribution < -0.4 is 5.32 Å². The zero-order valence-electron chi connectivity index (χ0n) is 11.9. The van der Waals surface area contributed by atoms with E-state index in [0.717, 1.165) is 16.2 Å². The monoisotopic (exact) mass is 339 g/mol. The lowest BCUT2D eigenvalue weighted by molar-refractivity contribution is -0.121. The van der Waals surface area contributed by atoms with Gasteiger partial charge in [0.25, 0.3) is 5.91 Å². The highest BCUT2D eigenvalue weighted by Crippen LogP contribution is 2.34. The van der Waals surface area contributed by atoms with Crippen molar-refractivity contribution in [2.45, 2.75) is 12.5 Å². The van der Waals surface area contributed by atoms with E-state index in [2.05, 4.69) is 5.32 Å². The van der Waals surface area contributed by atoms with Gasteiger partial charge in [-0.2, -0.15) is 0 Å². The fourth-order valence-corrected chi connectivity index (χ4v) is 5.18. The first-order chi connectivity index (χ1) is 10.6. The molecular formula is C15H17NO4S2. The van der Waals surface area contributed by atoms with Gasteiger partial charge in [0, 0.05) is 11.8 Å². The second-order valence-corrected chi connectivity index (χ2v) is 8.63. The number of hydrogen-bond acceptors (Lipinski definition) is 5. The first kappa shape index (κ1) is 15.4. The molecule has 1 atom stereocenters. The van der Waals surface area contributed by atoms with Crippen molar-refractivity contribution in [2.75, 3.05) is 23.9 Å². The molecule has 0 bridgehead atoms. The summed E-state index contributed by atoms with van der Waals surface area (Å²) in [7, 11) is -3.01. The van der Waals surface area contributed by atoms with Gasteiger partial charge in [-0.05, 0) is 12.0 Å². The summed E-state index contributed by atoms with van der Waals surface area (Å²) in [5.74, 6) is 0.913. The van der Waals surface area contributed by atoms with Crippen LogP contribution in [0.1, 0.15) is 12.0 Å². The van der Waals surface area contributed by atoms with Gasteiger partial charge < -0.3 is 10.1 Å². The summed E-state index contributed by atoms with van der Waals surface area (Å²) in [6.07, 6.45) is 0.467. The molecule has 2 aliphatic heterocycles. The summed E-state index contributed by atoms with van der Waals surface area (Å²) < 4.78 is 28.5. The lowest BCUT2D eigenvalue weighted by Gasteiger charge is -2.21. The Hall–Kier alpha value is -1.47. The van der Waals surface area contributed by atoms with E-state index in [1.54, 1.807) is 11.8 Å². The van der Waals surface area contributed by atoms with Gasteiger partial charge in [-0.3, -0.25) is 4.79 Å². The van der Waals surface area contributed by atoms with Crippen LogP contribution in [0.2, 0.25) is 0 Å². The van der Waals surface area contributed by atoms with Crippen LogP contribution in [-0.2, 0) is 19.4 Å². The highest BCUT2D eigenvalue weighted by Gasteiger charge is 2.31. The summed E-state index contributed by atoms with van der Waals surface area (Å²) in [5, 5.41) is 2.79. The molecule has 0 aromatic heterocycles. The van der Waals surface area contributed by atoms with Crippen molar-refractivity contribution < 1.29 is 17.9 Å². The average molecular weight is 339 g/mol. The third kappa shape index (κ3) is 3.47. The summed E-state index contributed by atoms with van der Waals surface area (Å²) >= 11 is 1.59. The maximum atomic E-state index is 12.4. The minimum Gasteiger partial charge on any atom is -0.486 e. The summed E-state index contributed by atoms with van der Waals surface area (Å²) in [4.78, 5) is 13.3. The van der Waals surface area contributed by atoms with Crippen molar-refractivity contribution in [2.24, 2.45) is 0 Å². The number of rotatable bonds is 3. The van der Waals surface area contributed by atoms with Crippen molar-refractivity contribution in [3.63, 3.8) is 0 Å². The number of ether oxygens (including phenoxy) is 1. The number of nitrogens with one attached hydrogen (secondary N) is 1. The summed E-state index contributed by atoms with van der Waals surface area (Å²) in [6, 6.07) is 9.29. The van der Waals surface area contributed by atoms with E-state index >= 15 is 0 Å². The molecule has 0 radical (unpaired) electrons. The average Bonchev–Trinajstić information content (AvgIpc) is 2.87. The van der Waals surface area contributed by atoms with Crippen molar-refractivity contribution in [3.8, 4) is 0 Å². The topological polar surface area (TPSA) is 72.5 Å². The number of benzene rings is 1. The molecule has 1 aromatic carbocycles. The zero-order valence-corrected chi connectivity index (χ0v) is 13.6. The van der Waals surface area contributed by atoms with E-state index in [1.165, 1.54) is 0 Å². The Morgan fingerprint density at radius 1 is 1.27 bits per heavy atom. The standard InChI is InChI=1S/C15H17NO4S2/c17-15(16-12-6-9-22(18,19)10-12)13-14(21-8-7-20-13)11-4-2-1-3-5-11/h1-5,12H,6-10H2,(H,16,17). The number of carbonyl (C=O) groups is 1. The molecule has 7 heteroatoms. The van der Waals surface area contributed by atoms with E-state index in [1.807, 2.05) is 30.3 Å². The predicted molar refractivity (Wildman–Crippen MR) is 87.0 cm³/mol. The van der Waals surface area contributed by atoms with Gasteiger partial charge in [-0.1, -0.05) is 30.3 Å². The van der Waals surface area contributed by atoms with Crippen molar-refractivity contribution in [3.05, 3.63) is 41.7 Å². The Kier molecular flexibility index (Phi) is 4.44. The van der Waals surface area contributed by atoms with Gasteiger partial charge in [0.2, 0.25) is 0 Å². The summed E-state index contributed by atoms with van der Waals surface area (Å²) in [5.41, 5.74) is 0.941. The Labute approximate surface area is 134 Å². The third-order valence-corrected chi connectivity index (χ3v) is 6.44. The Balaban J connectivity index is 1.81. The molecule has 22 heavy (non-hydrogen) atoms. The molecular weight excluding hydrogens is 322 g/mol. The molecule has 3 rings (SSSR count). The molecule has 0 aliphatic carbocycles. The maximum absolute atomic E-state index is 12.4. The van der Waals surface area contributed by atoms with Gasteiger partial charge in [-0.15, -0.1) is 11.8 Å². The van der Waals surface area contributed by atoms with Crippen molar-refractivity contribution >= 4 is 32.4 Å². The highest BCUT2D eigenvalue weighted by molar-refractivity contribution is 8.08. The van der Waals surface area contributed by atoms with Crippen LogP contribution in [0.4, 0.5) is 0 Å². The van der Waals surface area contributed by atoms with Gasteiger partial charge in [-0.25, -0.2) is 8.42 Å². The van der Waals surface area contributed by atoms with Crippen LogP contribution in [0.25, 0.3) is 4.91 Å². The van der Waals surface area contributed by atoms with Crippen LogP contribution in [0.3, 0.4) is 0 Å². The van der Waals surface area contributed by atoms with Crippen LogP contribution in [0.15, 0.2) is 36.1 Å². The van der Waals surface area contributed by atoms with Crippen LogP contribution >= 0.6 is 11.8 Å². The molecule has 1 N–H and O–H groups in total. The predicted octanol–water partition coefficient (Wildman–Crippen LogP) is 1.42. The van der Waals surface area contributed by atoms with Gasteiger partial charge >= 0.3 is 0 Å². The molecule has 2 aliphatic rings. The van der Waals surface area contributed by atoms with Crippen LogP contribution in [0.5, 0.6) is 0 Å². The van der Waals surface area contributed by atoms with Crippen molar-refractivity contribution in [1.29, 1.82) is 0 Å². The van der Waals surface area contributed by atoms with Crippen LogP contribution in [-0.4, -0.2) is 44.2 Å². The Morgan fingerprint density at radius 2 is 2.05 bits per heavy atom. The molecule has 1 amide bonds. The van der Waals surface area contributed by atoms with Crippen molar-refractivity contribution in [1.82, 2.24) is 5.32 Å². The van der Waals surface area contributed by atoms with Crippen LogP contribution in [0, 0.1) is 0 Å². The zero-order chi connectivity index (χ0) is 15.6. The normalized spacial score (nSPS) is 23.9. The lowest BCUT2D eigenvalue weighted by atomic mass is 10.2. The Morgan fingerprint density at radius 3 is 2.73 bits per heavy atom. The quantitative estimate of drug-likeness (QED) is 0.902. The van der Waals surface area contributed by atoms with Gasteiger partial charge in [0.1, 0.15) is 0 Å². The largest absolute Gasteiger partial charge is 0.486 e. The SMILES string of the molecule is O=C(NC1CCS(=O)(=O)C1)C1=C(c2ccccc2)SCCO1. The molecule has 0 saturated carbocycles. The second-order valence-electron chi connectivity index (χ2n) is 5.29. The number of hydrogen-bond donors (Lipinski definition) is 1. The molecule has 1 fully saturated rings.